The molecule has 4 rings (SSSR count). The maximum absolute atomic E-state index is 13.8. The van der Waals surface area contributed by atoms with E-state index >= 15 is 0 Å². The van der Waals surface area contributed by atoms with Crippen LogP contribution in [0.2, 0.25) is 0 Å². The molecule has 0 spiro atoms. The van der Waals surface area contributed by atoms with E-state index in [0.717, 1.165) is 22.3 Å². The van der Waals surface area contributed by atoms with Crippen LogP contribution in [0.4, 0.5) is 8.78 Å². The molecule has 0 saturated carbocycles. The number of hydrogen-bond acceptors (Lipinski definition) is 2. The summed E-state index contributed by atoms with van der Waals surface area (Å²) >= 11 is 0. The molecule has 0 heterocycles. The van der Waals surface area contributed by atoms with Gasteiger partial charge < -0.3 is 9.84 Å². The fraction of sp³-hybridized carbons (Fsp3) is 0.115. The van der Waals surface area contributed by atoms with Gasteiger partial charge in [0.25, 0.3) is 0 Å². The SMILES string of the molecule is CC1=C(CC(=O)O)c2cc(F)ccc2/C1=C\c1ccc(Oc2ccc(C)c(F)c2)cc1. The van der Waals surface area contributed by atoms with Crippen molar-refractivity contribution in [3.8, 4) is 11.5 Å². The van der Waals surface area contributed by atoms with Gasteiger partial charge in [0.2, 0.25) is 0 Å². The van der Waals surface area contributed by atoms with Crippen molar-refractivity contribution in [1.29, 1.82) is 0 Å². The quantitative estimate of drug-likeness (QED) is 0.492. The predicted molar refractivity (Wildman–Crippen MR) is 117 cm³/mol. The Morgan fingerprint density at radius 1 is 0.935 bits per heavy atom. The molecule has 1 aliphatic carbocycles. The van der Waals surface area contributed by atoms with Crippen molar-refractivity contribution in [3.05, 3.63) is 100 Å². The van der Waals surface area contributed by atoms with Gasteiger partial charge in [-0.3, -0.25) is 4.79 Å². The number of aryl methyl sites for hydroxylation is 1. The van der Waals surface area contributed by atoms with Gasteiger partial charge in [0.1, 0.15) is 23.1 Å². The number of hydrogen-bond donors (Lipinski definition) is 1. The van der Waals surface area contributed by atoms with E-state index in [1.807, 2.05) is 25.1 Å². The summed E-state index contributed by atoms with van der Waals surface area (Å²) in [5.74, 6) is -0.699. The van der Waals surface area contributed by atoms with Crippen molar-refractivity contribution in [2.45, 2.75) is 20.3 Å². The van der Waals surface area contributed by atoms with Crippen LogP contribution < -0.4 is 4.74 Å². The first-order chi connectivity index (χ1) is 14.8. The van der Waals surface area contributed by atoms with Crippen LogP contribution in [-0.2, 0) is 4.79 Å². The second-order valence-corrected chi connectivity index (χ2v) is 7.50. The summed E-state index contributed by atoms with van der Waals surface area (Å²) in [6.45, 7) is 3.54. The van der Waals surface area contributed by atoms with Gasteiger partial charge in [-0.1, -0.05) is 24.3 Å². The molecule has 0 bridgehead atoms. The second-order valence-electron chi connectivity index (χ2n) is 7.50. The number of rotatable bonds is 5. The van der Waals surface area contributed by atoms with Crippen molar-refractivity contribution < 1.29 is 23.4 Å². The summed E-state index contributed by atoms with van der Waals surface area (Å²) in [6, 6.07) is 16.4. The average molecular weight is 418 g/mol. The molecular weight excluding hydrogens is 398 g/mol. The number of aliphatic carboxylic acids is 1. The molecule has 5 heteroatoms. The van der Waals surface area contributed by atoms with Gasteiger partial charge in [0.15, 0.2) is 0 Å². The van der Waals surface area contributed by atoms with Crippen molar-refractivity contribution in [2.75, 3.05) is 0 Å². The van der Waals surface area contributed by atoms with Crippen LogP contribution in [0.25, 0.3) is 17.2 Å². The number of ether oxygens (including phenoxy) is 1. The lowest BCUT2D eigenvalue weighted by Crippen LogP contribution is -1.97. The van der Waals surface area contributed by atoms with E-state index in [-0.39, 0.29) is 12.2 Å². The Bertz CT molecular complexity index is 1240. The van der Waals surface area contributed by atoms with Crippen LogP contribution in [0, 0.1) is 18.6 Å². The third-order valence-corrected chi connectivity index (χ3v) is 5.35. The normalized spacial score (nSPS) is 14.1. The molecule has 3 nitrogen and oxygen atoms in total. The van der Waals surface area contributed by atoms with Crippen LogP contribution >= 0.6 is 0 Å². The van der Waals surface area contributed by atoms with E-state index in [9.17, 15) is 18.7 Å². The molecule has 0 atom stereocenters. The van der Waals surface area contributed by atoms with Gasteiger partial charge in [-0.25, -0.2) is 8.78 Å². The number of carboxylic acids is 1. The smallest absolute Gasteiger partial charge is 0.307 e. The zero-order valence-electron chi connectivity index (χ0n) is 17.1. The zero-order valence-corrected chi connectivity index (χ0v) is 17.1. The molecular formula is C26H20F2O3. The highest BCUT2D eigenvalue weighted by Crippen LogP contribution is 2.43. The third kappa shape index (κ3) is 4.26. The van der Waals surface area contributed by atoms with E-state index in [2.05, 4.69) is 0 Å². The standard InChI is InChI=1S/C26H20F2O3/c1-15-3-7-20(13-25(15)28)31-19-8-4-17(5-9-19)11-22-16(2)23(14-26(29)30)24-12-18(27)6-10-21(22)24/h3-13H,14H2,1-2H3,(H,29,30)/b22-11-. The fourth-order valence-electron chi connectivity index (χ4n) is 3.70. The second kappa shape index (κ2) is 8.19. The van der Waals surface area contributed by atoms with Crippen molar-refractivity contribution in [2.24, 2.45) is 0 Å². The summed E-state index contributed by atoms with van der Waals surface area (Å²) in [7, 11) is 0. The van der Waals surface area contributed by atoms with Crippen LogP contribution in [0.1, 0.15) is 35.6 Å². The fourth-order valence-corrected chi connectivity index (χ4v) is 3.70. The van der Waals surface area contributed by atoms with E-state index in [0.29, 0.717) is 28.2 Å². The van der Waals surface area contributed by atoms with Crippen LogP contribution in [-0.4, -0.2) is 11.1 Å². The highest BCUT2D eigenvalue weighted by atomic mass is 19.1. The molecule has 31 heavy (non-hydrogen) atoms. The first kappa shape index (κ1) is 20.5. The third-order valence-electron chi connectivity index (χ3n) is 5.35. The molecule has 0 amide bonds. The minimum atomic E-state index is -0.958. The number of benzene rings is 3. The molecule has 0 saturated heterocycles. The predicted octanol–water partition coefficient (Wildman–Crippen LogP) is 6.87. The Morgan fingerprint density at radius 3 is 2.32 bits per heavy atom. The monoisotopic (exact) mass is 418 g/mol. The lowest BCUT2D eigenvalue weighted by Gasteiger charge is -2.08. The Balaban J connectivity index is 1.64. The summed E-state index contributed by atoms with van der Waals surface area (Å²) in [5.41, 5.74) is 5.16. The summed E-state index contributed by atoms with van der Waals surface area (Å²) in [4.78, 5) is 11.3. The molecule has 0 aromatic heterocycles. The summed E-state index contributed by atoms with van der Waals surface area (Å²) in [6.07, 6.45) is 1.77. The molecule has 0 radical (unpaired) electrons. The van der Waals surface area contributed by atoms with Crippen molar-refractivity contribution in [3.63, 3.8) is 0 Å². The van der Waals surface area contributed by atoms with Crippen molar-refractivity contribution >= 4 is 23.2 Å². The highest BCUT2D eigenvalue weighted by molar-refractivity contribution is 6.07. The number of allylic oxidation sites excluding steroid dienone is 2. The number of carboxylic acid groups (broad SMARTS) is 1. The van der Waals surface area contributed by atoms with Gasteiger partial charge in [0, 0.05) is 6.07 Å². The molecule has 0 fully saturated rings. The largest absolute Gasteiger partial charge is 0.481 e. The van der Waals surface area contributed by atoms with Gasteiger partial charge in [-0.05, 0) is 89.2 Å². The summed E-state index contributed by atoms with van der Waals surface area (Å²) in [5, 5.41) is 9.26. The van der Waals surface area contributed by atoms with Crippen LogP contribution in [0.15, 0.2) is 66.2 Å². The maximum atomic E-state index is 13.8. The van der Waals surface area contributed by atoms with Gasteiger partial charge in [-0.2, -0.15) is 0 Å². The molecule has 3 aromatic carbocycles. The Morgan fingerprint density at radius 2 is 1.65 bits per heavy atom. The topological polar surface area (TPSA) is 46.5 Å². The van der Waals surface area contributed by atoms with Gasteiger partial charge >= 0.3 is 5.97 Å². The van der Waals surface area contributed by atoms with E-state index in [1.54, 1.807) is 37.3 Å². The molecule has 0 unspecified atom stereocenters. The van der Waals surface area contributed by atoms with E-state index in [4.69, 9.17) is 4.74 Å². The minimum absolute atomic E-state index is 0.167. The number of halogens is 2. The van der Waals surface area contributed by atoms with Gasteiger partial charge in [-0.15, -0.1) is 0 Å². The Kier molecular flexibility index (Phi) is 5.42. The molecule has 1 N–H and O–H groups in total. The van der Waals surface area contributed by atoms with E-state index in [1.165, 1.54) is 18.2 Å². The number of carbonyl (C=O) groups is 1. The Labute approximate surface area is 178 Å². The highest BCUT2D eigenvalue weighted by Gasteiger charge is 2.25. The van der Waals surface area contributed by atoms with Gasteiger partial charge in [0.05, 0.1) is 6.42 Å². The lowest BCUT2D eigenvalue weighted by atomic mass is 10.0. The van der Waals surface area contributed by atoms with E-state index < -0.39 is 11.8 Å². The maximum Gasteiger partial charge on any atom is 0.307 e. The molecule has 0 aliphatic heterocycles. The number of fused-ring (bicyclic) bond motifs is 1. The average Bonchev–Trinajstić information content (AvgIpc) is 2.97. The molecule has 3 aromatic rings. The van der Waals surface area contributed by atoms with Crippen LogP contribution in [0.5, 0.6) is 11.5 Å². The van der Waals surface area contributed by atoms with Crippen LogP contribution in [0.3, 0.4) is 0 Å². The minimum Gasteiger partial charge on any atom is -0.481 e. The van der Waals surface area contributed by atoms with Crippen molar-refractivity contribution in [1.82, 2.24) is 0 Å². The molecule has 1 aliphatic rings. The zero-order chi connectivity index (χ0) is 22.1. The summed E-state index contributed by atoms with van der Waals surface area (Å²) < 4.78 is 33.2. The Hall–Kier alpha value is -3.73. The first-order valence-corrected chi connectivity index (χ1v) is 9.80. The molecule has 156 valence electrons. The first-order valence-electron chi connectivity index (χ1n) is 9.80. The lowest BCUT2D eigenvalue weighted by molar-refractivity contribution is -0.135.